The van der Waals surface area contributed by atoms with Gasteiger partial charge < -0.3 is 4.57 Å². The maximum atomic E-state index is 13.0. The molecule has 0 radical (unpaired) electrons. The van der Waals surface area contributed by atoms with Crippen LogP contribution in [0.15, 0.2) is 29.3 Å². The third-order valence-corrected chi connectivity index (χ3v) is 6.47. The summed E-state index contributed by atoms with van der Waals surface area (Å²) in [6, 6.07) is 2.80. The van der Waals surface area contributed by atoms with Crippen molar-refractivity contribution in [2.45, 2.75) is 17.2 Å². The molecule has 0 aliphatic heterocycles. The Bertz CT molecular complexity index is 1340. The Morgan fingerprint density at radius 3 is 2.34 bits per heavy atom. The molecule has 0 saturated heterocycles. The molecule has 0 N–H and O–H groups in total. The standard InChI is InChI=1S/C16H10F6N6O2S2/c1-27-13-7(5-10(24-25-13)16(20,21)22)23-14(27)12-8(32(29)30-2)6-11(31-12)28-4-3-9(26-28)15(17,18)19/h3-6H,1-2H3. The molecule has 0 aromatic carbocycles. The van der Waals surface area contributed by atoms with Gasteiger partial charge in [-0.2, -0.15) is 31.4 Å². The summed E-state index contributed by atoms with van der Waals surface area (Å²) in [6.45, 7) is 0. The first-order chi connectivity index (χ1) is 14.9. The summed E-state index contributed by atoms with van der Waals surface area (Å²) in [5, 5.41) is 10.4. The number of imidazole rings is 1. The lowest BCUT2D eigenvalue weighted by Gasteiger charge is -2.03. The summed E-state index contributed by atoms with van der Waals surface area (Å²) >= 11 is -1.16. The predicted octanol–water partition coefficient (Wildman–Crippen LogP) is 3.98. The fraction of sp³-hybridized carbons (Fsp3) is 0.250. The number of rotatable bonds is 4. The van der Waals surface area contributed by atoms with E-state index in [9.17, 15) is 30.6 Å². The Labute approximate surface area is 181 Å². The third-order valence-electron chi connectivity index (χ3n) is 4.23. The van der Waals surface area contributed by atoms with E-state index in [1.54, 1.807) is 0 Å². The fourth-order valence-corrected chi connectivity index (χ4v) is 4.82. The molecular formula is C16H10F6N6O2S2. The third kappa shape index (κ3) is 3.88. The molecule has 1 unspecified atom stereocenters. The van der Waals surface area contributed by atoms with E-state index in [0.717, 1.165) is 41.5 Å². The van der Waals surface area contributed by atoms with E-state index in [1.165, 1.54) is 17.7 Å². The van der Waals surface area contributed by atoms with E-state index in [0.29, 0.717) is 0 Å². The van der Waals surface area contributed by atoms with Gasteiger partial charge >= 0.3 is 12.4 Å². The zero-order chi connectivity index (χ0) is 23.4. The van der Waals surface area contributed by atoms with Crippen molar-refractivity contribution >= 4 is 33.6 Å². The molecule has 0 aliphatic rings. The zero-order valence-electron chi connectivity index (χ0n) is 15.9. The Hall–Kier alpha value is -2.85. The zero-order valence-corrected chi connectivity index (χ0v) is 17.5. The Morgan fingerprint density at radius 2 is 1.75 bits per heavy atom. The van der Waals surface area contributed by atoms with Crippen molar-refractivity contribution in [1.29, 1.82) is 0 Å². The SMILES string of the molecule is COS(=O)c1cc(-n2ccc(C(F)(F)F)n2)sc1-c1nc2cc(C(F)(F)F)nnc2n1C. The van der Waals surface area contributed by atoms with Crippen LogP contribution in [0.25, 0.3) is 26.9 Å². The van der Waals surface area contributed by atoms with Crippen molar-refractivity contribution in [3.05, 3.63) is 35.8 Å². The number of aryl methyl sites for hydroxylation is 1. The van der Waals surface area contributed by atoms with Crippen molar-refractivity contribution in [3.8, 4) is 15.7 Å². The molecule has 4 rings (SSSR count). The molecule has 4 aromatic rings. The van der Waals surface area contributed by atoms with Crippen molar-refractivity contribution in [2.24, 2.45) is 7.05 Å². The van der Waals surface area contributed by atoms with Gasteiger partial charge in [0.1, 0.15) is 10.5 Å². The molecule has 4 aromatic heterocycles. The van der Waals surface area contributed by atoms with Gasteiger partial charge in [0.05, 0.1) is 16.9 Å². The minimum Gasteiger partial charge on any atom is -0.310 e. The highest BCUT2D eigenvalue weighted by atomic mass is 32.2. The monoisotopic (exact) mass is 496 g/mol. The molecule has 0 fully saturated rings. The average molecular weight is 496 g/mol. The maximum Gasteiger partial charge on any atom is 0.435 e. The molecular weight excluding hydrogens is 486 g/mol. The number of thiophene rings is 1. The lowest BCUT2D eigenvalue weighted by molar-refractivity contribution is -0.142. The number of hydrogen-bond donors (Lipinski definition) is 0. The minimum atomic E-state index is -4.73. The smallest absolute Gasteiger partial charge is 0.310 e. The van der Waals surface area contributed by atoms with Gasteiger partial charge in [-0.25, -0.2) is 13.9 Å². The van der Waals surface area contributed by atoms with Crippen LogP contribution >= 0.6 is 11.3 Å². The first-order valence-electron chi connectivity index (χ1n) is 8.41. The second-order valence-electron chi connectivity index (χ2n) is 6.25. The van der Waals surface area contributed by atoms with E-state index in [2.05, 4.69) is 20.3 Å². The molecule has 0 aliphatic carbocycles. The van der Waals surface area contributed by atoms with Crippen LogP contribution in [-0.4, -0.2) is 40.8 Å². The van der Waals surface area contributed by atoms with Gasteiger partial charge in [-0.15, -0.1) is 21.5 Å². The topological polar surface area (TPSA) is 87.7 Å². The normalized spacial score (nSPS) is 13.8. The minimum absolute atomic E-state index is 0.0237. The van der Waals surface area contributed by atoms with Gasteiger partial charge in [0.2, 0.25) is 0 Å². The maximum absolute atomic E-state index is 13.0. The van der Waals surface area contributed by atoms with Crippen LogP contribution in [0.1, 0.15) is 11.4 Å². The second-order valence-corrected chi connectivity index (χ2v) is 8.53. The van der Waals surface area contributed by atoms with Gasteiger partial charge in [-0.3, -0.25) is 4.18 Å². The number of fused-ring (bicyclic) bond motifs is 1. The van der Waals surface area contributed by atoms with E-state index in [-0.39, 0.29) is 31.8 Å². The van der Waals surface area contributed by atoms with E-state index in [4.69, 9.17) is 4.18 Å². The summed E-state index contributed by atoms with van der Waals surface area (Å²) < 4.78 is 97.1. The quantitative estimate of drug-likeness (QED) is 0.397. The molecule has 0 spiro atoms. The number of halogens is 6. The number of alkyl halides is 6. The summed E-state index contributed by atoms with van der Waals surface area (Å²) in [7, 11) is 2.62. The van der Waals surface area contributed by atoms with Gasteiger partial charge in [-0.1, -0.05) is 0 Å². The van der Waals surface area contributed by atoms with Crippen molar-refractivity contribution < 1.29 is 34.7 Å². The van der Waals surface area contributed by atoms with Gasteiger partial charge in [0.15, 0.2) is 33.9 Å². The summed E-state index contributed by atoms with van der Waals surface area (Å²) in [5.74, 6) is 0.0773. The van der Waals surface area contributed by atoms with E-state index < -0.39 is 34.8 Å². The van der Waals surface area contributed by atoms with Gasteiger partial charge in [-0.05, 0) is 12.1 Å². The molecule has 0 amide bonds. The predicted molar refractivity (Wildman–Crippen MR) is 100 cm³/mol. The summed E-state index contributed by atoms with van der Waals surface area (Å²) in [4.78, 5) is 4.40. The highest BCUT2D eigenvalue weighted by molar-refractivity contribution is 7.80. The molecule has 0 saturated carbocycles. The van der Waals surface area contributed by atoms with E-state index in [1.807, 2.05) is 0 Å². The van der Waals surface area contributed by atoms with Crippen molar-refractivity contribution in [2.75, 3.05) is 7.11 Å². The van der Waals surface area contributed by atoms with Gasteiger partial charge in [0, 0.05) is 19.3 Å². The highest BCUT2D eigenvalue weighted by Gasteiger charge is 2.35. The molecule has 32 heavy (non-hydrogen) atoms. The molecule has 170 valence electrons. The van der Waals surface area contributed by atoms with Crippen molar-refractivity contribution in [3.63, 3.8) is 0 Å². The number of nitrogens with zero attached hydrogens (tertiary/aromatic N) is 6. The van der Waals surface area contributed by atoms with Crippen LogP contribution in [0, 0.1) is 0 Å². The Balaban J connectivity index is 1.87. The molecule has 0 bridgehead atoms. The number of aromatic nitrogens is 6. The lowest BCUT2D eigenvalue weighted by Crippen LogP contribution is -2.09. The van der Waals surface area contributed by atoms with Crippen LogP contribution in [-0.2, 0) is 34.7 Å². The first kappa shape index (κ1) is 22.3. The van der Waals surface area contributed by atoms with Gasteiger partial charge in [0.25, 0.3) is 0 Å². The molecule has 16 heteroatoms. The number of hydrogen-bond acceptors (Lipinski definition) is 7. The van der Waals surface area contributed by atoms with Crippen LogP contribution in [0.4, 0.5) is 26.3 Å². The molecule has 4 heterocycles. The van der Waals surface area contributed by atoms with Crippen LogP contribution < -0.4 is 0 Å². The van der Waals surface area contributed by atoms with Crippen LogP contribution in [0.2, 0.25) is 0 Å². The van der Waals surface area contributed by atoms with Crippen LogP contribution in [0.3, 0.4) is 0 Å². The fourth-order valence-electron chi connectivity index (χ4n) is 2.77. The second kappa shape index (κ2) is 7.63. The average Bonchev–Trinajstić information content (AvgIpc) is 3.43. The van der Waals surface area contributed by atoms with Crippen LogP contribution in [0.5, 0.6) is 0 Å². The first-order valence-corrected chi connectivity index (χ1v) is 10.3. The van der Waals surface area contributed by atoms with E-state index >= 15 is 0 Å². The lowest BCUT2D eigenvalue weighted by atomic mass is 10.3. The Kier molecular flexibility index (Phi) is 5.33. The summed E-state index contributed by atoms with van der Waals surface area (Å²) in [5.41, 5.74) is -2.46. The molecule has 8 nitrogen and oxygen atoms in total. The van der Waals surface area contributed by atoms with Crippen molar-refractivity contribution in [1.82, 2.24) is 29.5 Å². The molecule has 1 atom stereocenters. The highest BCUT2D eigenvalue weighted by Crippen LogP contribution is 2.38. The summed E-state index contributed by atoms with van der Waals surface area (Å²) in [6.07, 6.45) is -8.31. The Morgan fingerprint density at radius 1 is 1.06 bits per heavy atom. The largest absolute Gasteiger partial charge is 0.435 e.